The number of benzene rings is 3. The fourth-order valence-corrected chi connectivity index (χ4v) is 4.91. The van der Waals surface area contributed by atoms with E-state index in [4.69, 9.17) is 4.74 Å². The number of para-hydroxylation sites is 1. The van der Waals surface area contributed by atoms with Crippen LogP contribution >= 0.6 is 0 Å². The molecule has 3 aromatic carbocycles. The lowest BCUT2D eigenvalue weighted by Crippen LogP contribution is -2.41. The van der Waals surface area contributed by atoms with E-state index in [1.54, 1.807) is 0 Å². The maximum Gasteiger partial charge on any atom is 0.407 e. The van der Waals surface area contributed by atoms with Gasteiger partial charge in [-0.25, -0.2) is 9.59 Å². The number of amides is 1. The molecule has 6 nitrogen and oxygen atoms in total. The van der Waals surface area contributed by atoms with Gasteiger partial charge in [-0.1, -0.05) is 66.7 Å². The highest BCUT2D eigenvalue weighted by atomic mass is 16.5. The van der Waals surface area contributed by atoms with E-state index in [0.29, 0.717) is 6.42 Å². The van der Waals surface area contributed by atoms with E-state index in [2.05, 4.69) is 22.4 Å². The molecule has 3 N–H and O–H groups in total. The number of ether oxygens (including phenoxy) is 1. The molecule has 5 rings (SSSR count). The summed E-state index contributed by atoms with van der Waals surface area (Å²) in [5, 5.41) is 13.3. The molecule has 1 amide bonds. The summed E-state index contributed by atoms with van der Waals surface area (Å²) in [5.41, 5.74) is 7.72. The Kier molecular flexibility index (Phi) is 5.80. The normalized spacial score (nSPS) is 13.3. The molecule has 1 aliphatic rings. The number of carbonyl (C=O) groups is 2. The van der Waals surface area contributed by atoms with Crippen molar-refractivity contribution in [1.29, 1.82) is 0 Å². The van der Waals surface area contributed by atoms with Gasteiger partial charge in [0.2, 0.25) is 0 Å². The van der Waals surface area contributed by atoms with Crippen LogP contribution in [-0.4, -0.2) is 34.8 Å². The Morgan fingerprint density at radius 3 is 2.35 bits per heavy atom. The summed E-state index contributed by atoms with van der Waals surface area (Å²) in [7, 11) is 0. The highest BCUT2D eigenvalue weighted by Crippen LogP contribution is 2.44. The van der Waals surface area contributed by atoms with Crippen LogP contribution in [-0.2, 0) is 16.0 Å². The maximum absolute atomic E-state index is 12.6. The number of carboxylic acids is 1. The molecule has 0 fully saturated rings. The number of nitrogens with one attached hydrogen (secondary N) is 2. The molecular weight excluding hydrogens is 428 g/mol. The van der Waals surface area contributed by atoms with Crippen LogP contribution in [0.1, 0.15) is 34.6 Å². The van der Waals surface area contributed by atoms with Crippen LogP contribution < -0.4 is 5.32 Å². The zero-order valence-electron chi connectivity index (χ0n) is 18.9. The first-order valence-electron chi connectivity index (χ1n) is 11.4. The van der Waals surface area contributed by atoms with Crippen LogP contribution in [0.15, 0.2) is 72.9 Å². The number of rotatable bonds is 7. The number of alkyl carbamates (subject to hydrolysis) is 1. The van der Waals surface area contributed by atoms with Gasteiger partial charge in [0.25, 0.3) is 0 Å². The predicted molar refractivity (Wildman–Crippen MR) is 131 cm³/mol. The molecule has 0 saturated heterocycles. The molecule has 0 aliphatic heterocycles. The van der Waals surface area contributed by atoms with Gasteiger partial charge in [0, 0.05) is 23.0 Å². The molecule has 1 aromatic heterocycles. The van der Waals surface area contributed by atoms with Gasteiger partial charge in [-0.3, -0.25) is 0 Å². The number of carbonyl (C=O) groups excluding carboxylic acids is 1. The van der Waals surface area contributed by atoms with E-state index in [1.807, 2.05) is 67.7 Å². The van der Waals surface area contributed by atoms with Crippen molar-refractivity contribution in [1.82, 2.24) is 10.3 Å². The molecule has 1 heterocycles. The SMILES string of the molecule is Cc1cccc2c(CC[C@H](NC(=O)OCC3c4ccccc4-c4ccccc43)C(=O)O)c[nH]c12. The van der Waals surface area contributed by atoms with E-state index in [0.717, 1.165) is 44.3 Å². The van der Waals surface area contributed by atoms with Gasteiger partial charge in [-0.05, 0) is 53.1 Å². The van der Waals surface area contributed by atoms with Crippen molar-refractivity contribution in [2.45, 2.75) is 31.7 Å². The Balaban J connectivity index is 1.23. The highest BCUT2D eigenvalue weighted by Gasteiger charge is 2.29. The van der Waals surface area contributed by atoms with Crippen molar-refractivity contribution < 1.29 is 19.4 Å². The zero-order valence-corrected chi connectivity index (χ0v) is 18.9. The van der Waals surface area contributed by atoms with Crippen LogP contribution in [0.25, 0.3) is 22.0 Å². The van der Waals surface area contributed by atoms with Crippen LogP contribution in [0.2, 0.25) is 0 Å². The largest absolute Gasteiger partial charge is 0.480 e. The second-order valence-electron chi connectivity index (χ2n) is 8.71. The van der Waals surface area contributed by atoms with Crippen molar-refractivity contribution in [3.8, 4) is 11.1 Å². The topological polar surface area (TPSA) is 91.4 Å². The molecular formula is C28H26N2O4. The van der Waals surface area contributed by atoms with E-state index in [-0.39, 0.29) is 18.9 Å². The molecule has 1 atom stereocenters. The van der Waals surface area contributed by atoms with Crippen molar-refractivity contribution in [2.75, 3.05) is 6.61 Å². The summed E-state index contributed by atoms with van der Waals surface area (Å²) in [6.07, 6.45) is 1.97. The van der Waals surface area contributed by atoms with Gasteiger partial charge < -0.3 is 20.1 Å². The molecule has 0 bridgehead atoms. The Morgan fingerprint density at radius 2 is 1.68 bits per heavy atom. The molecule has 0 saturated carbocycles. The van der Waals surface area contributed by atoms with Gasteiger partial charge in [0.05, 0.1) is 0 Å². The number of hydrogen-bond donors (Lipinski definition) is 3. The smallest absolute Gasteiger partial charge is 0.407 e. The maximum atomic E-state index is 12.6. The summed E-state index contributed by atoms with van der Waals surface area (Å²) in [6.45, 7) is 2.18. The first-order valence-corrected chi connectivity index (χ1v) is 11.4. The van der Waals surface area contributed by atoms with E-state index < -0.39 is 18.1 Å². The molecule has 172 valence electrons. The minimum absolute atomic E-state index is 0.0733. The van der Waals surface area contributed by atoms with E-state index >= 15 is 0 Å². The Hall–Kier alpha value is -4.06. The number of aromatic nitrogens is 1. The second kappa shape index (κ2) is 9.06. The Bertz CT molecular complexity index is 1330. The van der Waals surface area contributed by atoms with Gasteiger partial charge in [-0.2, -0.15) is 0 Å². The molecule has 0 radical (unpaired) electrons. The van der Waals surface area contributed by atoms with Crippen LogP contribution in [0, 0.1) is 6.92 Å². The predicted octanol–water partition coefficient (Wildman–Crippen LogP) is 5.40. The third-order valence-corrected chi connectivity index (χ3v) is 6.65. The zero-order chi connectivity index (χ0) is 23.7. The average molecular weight is 455 g/mol. The minimum atomic E-state index is -1.08. The van der Waals surface area contributed by atoms with E-state index in [1.165, 1.54) is 0 Å². The van der Waals surface area contributed by atoms with Crippen molar-refractivity contribution in [2.24, 2.45) is 0 Å². The number of carboxylic acid groups (broad SMARTS) is 1. The van der Waals surface area contributed by atoms with Gasteiger partial charge in [0.1, 0.15) is 12.6 Å². The quantitative estimate of drug-likeness (QED) is 0.349. The summed E-state index contributed by atoms with van der Waals surface area (Å²) >= 11 is 0. The first-order chi connectivity index (χ1) is 16.5. The van der Waals surface area contributed by atoms with Crippen molar-refractivity contribution in [3.05, 3.63) is 95.2 Å². The van der Waals surface area contributed by atoms with Crippen LogP contribution in [0.5, 0.6) is 0 Å². The standard InChI is InChI=1S/C28H26N2O4/c1-17-7-6-12-19-18(15-29-26(17)19)13-14-25(27(31)32)30-28(33)34-16-24-22-10-4-2-8-20(22)21-9-3-5-11-23(21)24/h2-12,15,24-25,29H,13-14,16H2,1H3,(H,30,33)(H,31,32)/t25-/m0/s1. The van der Waals surface area contributed by atoms with E-state index in [9.17, 15) is 14.7 Å². The lowest BCUT2D eigenvalue weighted by Gasteiger charge is -2.17. The summed E-state index contributed by atoms with van der Waals surface area (Å²) in [4.78, 5) is 27.6. The van der Waals surface area contributed by atoms with Crippen LogP contribution in [0.4, 0.5) is 4.79 Å². The molecule has 0 unspecified atom stereocenters. The number of aromatic amines is 1. The molecule has 1 aliphatic carbocycles. The third kappa shape index (κ3) is 4.03. The minimum Gasteiger partial charge on any atom is -0.480 e. The third-order valence-electron chi connectivity index (χ3n) is 6.65. The summed E-state index contributed by atoms with van der Waals surface area (Å²) in [5.74, 6) is -1.15. The lowest BCUT2D eigenvalue weighted by molar-refractivity contribution is -0.139. The molecule has 6 heteroatoms. The molecule has 34 heavy (non-hydrogen) atoms. The number of aryl methyl sites for hydroxylation is 2. The van der Waals surface area contributed by atoms with Crippen LogP contribution in [0.3, 0.4) is 0 Å². The van der Waals surface area contributed by atoms with Gasteiger partial charge >= 0.3 is 12.1 Å². The number of fused-ring (bicyclic) bond motifs is 4. The fraction of sp³-hybridized carbons (Fsp3) is 0.214. The molecule has 4 aromatic rings. The second-order valence-corrected chi connectivity index (χ2v) is 8.71. The monoisotopic (exact) mass is 454 g/mol. The lowest BCUT2D eigenvalue weighted by atomic mass is 9.98. The fourth-order valence-electron chi connectivity index (χ4n) is 4.91. The Morgan fingerprint density at radius 1 is 1.00 bits per heavy atom. The van der Waals surface area contributed by atoms with Crippen molar-refractivity contribution in [3.63, 3.8) is 0 Å². The number of hydrogen-bond acceptors (Lipinski definition) is 3. The van der Waals surface area contributed by atoms with Crippen molar-refractivity contribution >= 4 is 23.0 Å². The highest BCUT2D eigenvalue weighted by molar-refractivity contribution is 5.86. The molecule has 0 spiro atoms. The first kappa shape index (κ1) is 21.8. The number of H-pyrrole nitrogens is 1. The van der Waals surface area contributed by atoms with Gasteiger partial charge in [0.15, 0.2) is 0 Å². The summed E-state index contributed by atoms with van der Waals surface area (Å²) in [6, 6.07) is 21.2. The summed E-state index contributed by atoms with van der Waals surface area (Å²) < 4.78 is 5.52. The average Bonchev–Trinajstić information content (AvgIpc) is 3.40. The number of aliphatic carboxylic acids is 1. The Labute approximate surface area is 197 Å². The van der Waals surface area contributed by atoms with Gasteiger partial charge in [-0.15, -0.1) is 0 Å².